The number of aromatic nitrogens is 2. The third kappa shape index (κ3) is 5.21. The Kier molecular flexibility index (Phi) is 6.59. The average molecular weight is 428 g/mol. The lowest BCUT2D eigenvalue weighted by Gasteiger charge is -2.33. The Morgan fingerprint density at radius 2 is 1.94 bits per heavy atom. The molecule has 10 nitrogen and oxygen atoms in total. The number of carbonyl (C=O) groups excluding carboxylic acids is 2. The number of carbonyl (C=O) groups is 2. The van der Waals surface area contributed by atoms with Gasteiger partial charge in [0.2, 0.25) is 5.95 Å². The first-order valence-corrected chi connectivity index (χ1v) is 10.3. The van der Waals surface area contributed by atoms with Crippen molar-refractivity contribution in [2.75, 3.05) is 24.2 Å². The van der Waals surface area contributed by atoms with Gasteiger partial charge in [0.25, 0.3) is 17.4 Å². The lowest BCUT2D eigenvalue weighted by Crippen LogP contribution is -2.48. The van der Waals surface area contributed by atoms with Crippen molar-refractivity contribution in [2.24, 2.45) is 11.5 Å². The molecule has 1 aliphatic rings. The highest BCUT2D eigenvalue weighted by Gasteiger charge is 2.27. The van der Waals surface area contributed by atoms with E-state index >= 15 is 0 Å². The molecule has 1 aromatic carbocycles. The number of aromatic amines is 1. The van der Waals surface area contributed by atoms with Crippen LogP contribution in [0.4, 0.5) is 17.5 Å². The number of amides is 2. The maximum Gasteiger partial charge on any atom is 0.267 e. The standard InChI is InChI=1S/C21H29N7O3/c1-12-6-7-13(18(30)24-2)10-14(12)26-17-15(16(22)29)19(31)28-20(27-17)25-11-21(23)8-4-3-5-9-21/h6-7,10H,3-5,8-9,11,23H2,1-2H3,(H2,22,29)(H,24,30)(H3,25,26,27,28,31). The second-order valence-corrected chi connectivity index (χ2v) is 8.01. The van der Waals surface area contributed by atoms with Gasteiger partial charge in [-0.05, 0) is 37.5 Å². The zero-order valence-electron chi connectivity index (χ0n) is 17.8. The van der Waals surface area contributed by atoms with E-state index in [1.807, 2.05) is 6.92 Å². The van der Waals surface area contributed by atoms with Crippen molar-refractivity contribution in [3.05, 3.63) is 45.2 Å². The van der Waals surface area contributed by atoms with E-state index in [1.54, 1.807) is 18.2 Å². The van der Waals surface area contributed by atoms with Crippen LogP contribution in [0, 0.1) is 6.92 Å². The maximum atomic E-state index is 12.6. The molecule has 3 rings (SSSR count). The fourth-order valence-corrected chi connectivity index (χ4v) is 3.74. The van der Waals surface area contributed by atoms with Crippen LogP contribution in [0.25, 0.3) is 0 Å². The largest absolute Gasteiger partial charge is 0.365 e. The first-order valence-electron chi connectivity index (χ1n) is 10.3. The van der Waals surface area contributed by atoms with E-state index in [4.69, 9.17) is 11.5 Å². The molecule has 166 valence electrons. The Labute approximate surface area is 180 Å². The molecular weight excluding hydrogens is 398 g/mol. The van der Waals surface area contributed by atoms with Gasteiger partial charge in [0.1, 0.15) is 5.56 Å². The number of nitrogens with zero attached hydrogens (tertiary/aromatic N) is 1. The summed E-state index contributed by atoms with van der Waals surface area (Å²) >= 11 is 0. The topological polar surface area (TPSA) is 168 Å². The summed E-state index contributed by atoms with van der Waals surface area (Å²) in [5, 5.41) is 8.64. The van der Waals surface area contributed by atoms with E-state index in [1.165, 1.54) is 13.5 Å². The predicted octanol–water partition coefficient (Wildman–Crippen LogP) is 1.35. The van der Waals surface area contributed by atoms with E-state index in [0.29, 0.717) is 17.8 Å². The van der Waals surface area contributed by atoms with Gasteiger partial charge in [0.15, 0.2) is 5.82 Å². The number of hydrogen-bond acceptors (Lipinski definition) is 7. The molecule has 0 aliphatic heterocycles. The van der Waals surface area contributed by atoms with Gasteiger partial charge in [-0.15, -0.1) is 0 Å². The molecule has 0 radical (unpaired) electrons. The van der Waals surface area contributed by atoms with Crippen molar-refractivity contribution >= 4 is 29.3 Å². The third-order valence-electron chi connectivity index (χ3n) is 5.60. The molecule has 2 amide bonds. The minimum atomic E-state index is -0.912. The highest BCUT2D eigenvalue weighted by molar-refractivity contribution is 5.99. The van der Waals surface area contributed by atoms with E-state index in [-0.39, 0.29) is 28.8 Å². The van der Waals surface area contributed by atoms with Crippen molar-refractivity contribution in [3.63, 3.8) is 0 Å². The number of aryl methyl sites for hydroxylation is 1. The molecule has 2 aromatic rings. The number of nitrogens with one attached hydrogen (secondary N) is 4. The van der Waals surface area contributed by atoms with Gasteiger partial charge in [-0.25, -0.2) is 0 Å². The van der Waals surface area contributed by atoms with Crippen LogP contribution in [-0.4, -0.2) is 40.9 Å². The number of rotatable bonds is 7. The van der Waals surface area contributed by atoms with Gasteiger partial charge in [-0.3, -0.25) is 19.4 Å². The number of benzene rings is 1. The quantitative estimate of drug-likeness (QED) is 0.387. The molecular formula is C21H29N7O3. The van der Waals surface area contributed by atoms with Crippen LogP contribution < -0.4 is 33.0 Å². The Morgan fingerprint density at radius 3 is 2.58 bits per heavy atom. The zero-order valence-corrected chi connectivity index (χ0v) is 17.8. The molecule has 8 N–H and O–H groups in total. The van der Waals surface area contributed by atoms with Crippen LogP contribution in [0.2, 0.25) is 0 Å². The lowest BCUT2D eigenvalue weighted by molar-refractivity contribution is 0.0961. The molecule has 1 fully saturated rings. The molecule has 0 spiro atoms. The van der Waals surface area contributed by atoms with Crippen LogP contribution in [0.5, 0.6) is 0 Å². The smallest absolute Gasteiger partial charge is 0.267 e. The summed E-state index contributed by atoms with van der Waals surface area (Å²) in [6.07, 6.45) is 5.08. The van der Waals surface area contributed by atoms with E-state index in [0.717, 1.165) is 31.2 Å². The first-order chi connectivity index (χ1) is 14.7. The van der Waals surface area contributed by atoms with Crippen LogP contribution in [-0.2, 0) is 0 Å². The van der Waals surface area contributed by atoms with Crippen LogP contribution >= 0.6 is 0 Å². The van der Waals surface area contributed by atoms with Crippen molar-refractivity contribution in [1.29, 1.82) is 0 Å². The monoisotopic (exact) mass is 427 g/mol. The second-order valence-electron chi connectivity index (χ2n) is 8.01. The Balaban J connectivity index is 1.92. The number of primary amides is 1. The van der Waals surface area contributed by atoms with E-state index < -0.39 is 11.5 Å². The SMILES string of the molecule is CNC(=O)c1ccc(C)c(Nc2nc(NCC3(N)CCCCC3)[nH]c(=O)c2C(N)=O)c1. The predicted molar refractivity (Wildman–Crippen MR) is 120 cm³/mol. The first kappa shape index (κ1) is 22.3. The van der Waals surface area contributed by atoms with Gasteiger partial charge in [-0.2, -0.15) is 4.98 Å². The summed E-state index contributed by atoms with van der Waals surface area (Å²) in [4.78, 5) is 43.4. The zero-order chi connectivity index (χ0) is 22.6. The summed E-state index contributed by atoms with van der Waals surface area (Å²) in [5.41, 5.74) is 12.3. The maximum absolute atomic E-state index is 12.6. The fourth-order valence-electron chi connectivity index (χ4n) is 3.74. The summed E-state index contributed by atoms with van der Waals surface area (Å²) in [5.74, 6) is -0.982. The molecule has 1 aliphatic carbocycles. The lowest BCUT2D eigenvalue weighted by atomic mass is 9.82. The number of hydrogen-bond donors (Lipinski definition) is 6. The van der Waals surface area contributed by atoms with Gasteiger partial charge in [0.05, 0.1) is 0 Å². The van der Waals surface area contributed by atoms with E-state index in [2.05, 4.69) is 25.9 Å². The Bertz CT molecular complexity index is 1040. The summed E-state index contributed by atoms with van der Waals surface area (Å²) in [6.45, 7) is 2.27. The molecule has 10 heteroatoms. The average Bonchev–Trinajstić information content (AvgIpc) is 2.73. The van der Waals surface area contributed by atoms with Crippen molar-refractivity contribution in [1.82, 2.24) is 15.3 Å². The Hall–Kier alpha value is -3.40. The fraction of sp³-hybridized carbons (Fsp3) is 0.429. The minimum absolute atomic E-state index is 0.00521. The molecule has 0 saturated heterocycles. The minimum Gasteiger partial charge on any atom is -0.365 e. The van der Waals surface area contributed by atoms with Crippen LogP contribution in [0.3, 0.4) is 0 Å². The number of nitrogens with two attached hydrogens (primary N) is 2. The van der Waals surface area contributed by atoms with Crippen LogP contribution in [0.15, 0.2) is 23.0 Å². The van der Waals surface area contributed by atoms with Gasteiger partial charge < -0.3 is 27.4 Å². The normalized spacial score (nSPS) is 15.2. The molecule has 31 heavy (non-hydrogen) atoms. The molecule has 1 heterocycles. The van der Waals surface area contributed by atoms with Crippen molar-refractivity contribution in [2.45, 2.75) is 44.6 Å². The molecule has 0 unspecified atom stereocenters. The highest BCUT2D eigenvalue weighted by Crippen LogP contribution is 2.26. The van der Waals surface area contributed by atoms with Gasteiger partial charge >= 0.3 is 0 Å². The second kappa shape index (κ2) is 9.17. The van der Waals surface area contributed by atoms with Gasteiger partial charge in [0, 0.05) is 30.4 Å². The number of anilines is 3. The summed E-state index contributed by atoms with van der Waals surface area (Å²) in [7, 11) is 1.53. The van der Waals surface area contributed by atoms with Gasteiger partial charge in [-0.1, -0.05) is 25.3 Å². The molecule has 1 aromatic heterocycles. The molecule has 0 bridgehead atoms. The highest BCUT2D eigenvalue weighted by atomic mass is 16.2. The van der Waals surface area contributed by atoms with Crippen molar-refractivity contribution < 1.29 is 9.59 Å². The van der Waals surface area contributed by atoms with E-state index in [9.17, 15) is 14.4 Å². The molecule has 0 atom stereocenters. The third-order valence-corrected chi connectivity index (χ3v) is 5.60. The molecule has 1 saturated carbocycles. The number of H-pyrrole nitrogens is 1. The summed E-state index contributed by atoms with van der Waals surface area (Å²) in [6, 6.07) is 5.05. The van der Waals surface area contributed by atoms with Crippen molar-refractivity contribution in [3.8, 4) is 0 Å². The summed E-state index contributed by atoms with van der Waals surface area (Å²) < 4.78 is 0. The van der Waals surface area contributed by atoms with Crippen LogP contribution in [0.1, 0.15) is 58.4 Å². The Morgan fingerprint density at radius 1 is 1.23 bits per heavy atom.